The van der Waals surface area contributed by atoms with Crippen LogP contribution >= 0.6 is 0 Å². The summed E-state index contributed by atoms with van der Waals surface area (Å²) in [6, 6.07) is 3.32. The molecule has 0 aromatic rings. The molecule has 0 bridgehead atoms. The smallest absolute Gasteiger partial charge is 0.0350 e. The normalized spacial score (nSPS) is 23.0. The fourth-order valence-corrected chi connectivity index (χ4v) is 5.22. The SMILES string of the molecule is C.CCN(C)C1CN(C(C)(C)C)C1.CN(C)C1CN(C(C)(C)C)C1.CN(C1CCC1)C1CN(C(C)(C)C)C1. The Labute approximate surface area is 240 Å². The summed E-state index contributed by atoms with van der Waals surface area (Å²) in [6.45, 7) is 31.5. The predicted octanol–water partition coefficient (Wildman–Crippen LogP) is 5.04. The lowest BCUT2D eigenvalue weighted by molar-refractivity contribution is -0.0393. The standard InChI is InChI=1S/C12H24N2.C10H22N2.C9H20N2.CH4/c1-12(2,3)14-8-11(9-14)13(4)10-6-5-7-10;1-6-11(5)9-7-12(8-9)10(2,3)4;1-9(2,3)11-6-8(7-11)10(4)5;/h10-11H,5-9H2,1-4H3;9H,6-8H2,1-5H3;8H,6-7H2,1-5H3;1H4. The Morgan fingerprint density at radius 3 is 1.16 bits per heavy atom. The average Bonchev–Trinajstić information content (AvgIpc) is 2.52. The molecule has 1 aliphatic carbocycles. The molecular weight excluding hydrogens is 468 g/mol. The lowest BCUT2D eigenvalue weighted by Crippen LogP contribution is -2.65. The highest BCUT2D eigenvalue weighted by atomic mass is 15.3. The first-order valence-electron chi connectivity index (χ1n) is 15.2. The third-order valence-electron chi connectivity index (χ3n) is 9.51. The quantitative estimate of drug-likeness (QED) is 0.485. The van der Waals surface area contributed by atoms with Crippen LogP contribution in [0.4, 0.5) is 0 Å². The molecule has 1 saturated carbocycles. The number of likely N-dealkylation sites (tertiary alicyclic amines) is 3. The van der Waals surface area contributed by atoms with Crippen LogP contribution < -0.4 is 0 Å². The van der Waals surface area contributed by atoms with Crippen LogP contribution in [0.5, 0.6) is 0 Å². The van der Waals surface area contributed by atoms with Gasteiger partial charge >= 0.3 is 0 Å². The van der Waals surface area contributed by atoms with Crippen LogP contribution in [-0.2, 0) is 0 Å². The summed E-state index contributed by atoms with van der Waals surface area (Å²) in [5.41, 5.74) is 1.11. The van der Waals surface area contributed by atoms with Crippen LogP contribution in [0, 0.1) is 0 Å². The molecule has 0 spiro atoms. The summed E-state index contributed by atoms with van der Waals surface area (Å²) in [5, 5.41) is 0. The zero-order valence-corrected chi connectivity index (χ0v) is 27.6. The fourth-order valence-electron chi connectivity index (χ4n) is 5.22. The van der Waals surface area contributed by atoms with Crippen molar-refractivity contribution in [1.82, 2.24) is 29.4 Å². The number of rotatable bonds is 5. The largest absolute Gasteiger partial charge is 0.304 e. The van der Waals surface area contributed by atoms with E-state index in [-0.39, 0.29) is 7.43 Å². The van der Waals surface area contributed by atoms with E-state index in [1.165, 1.54) is 65.1 Å². The maximum atomic E-state index is 2.62. The van der Waals surface area contributed by atoms with Crippen molar-refractivity contribution in [2.75, 3.05) is 74.0 Å². The first kappa shape index (κ1) is 35.8. The van der Waals surface area contributed by atoms with E-state index < -0.39 is 0 Å². The highest BCUT2D eigenvalue weighted by molar-refractivity contribution is 4.96. The van der Waals surface area contributed by atoms with Crippen LogP contribution in [0.15, 0.2) is 0 Å². The molecule has 0 atom stereocenters. The lowest BCUT2D eigenvalue weighted by Gasteiger charge is -2.53. The van der Waals surface area contributed by atoms with Crippen LogP contribution in [0.25, 0.3) is 0 Å². The Balaban J connectivity index is 0.000000284. The van der Waals surface area contributed by atoms with Crippen molar-refractivity contribution >= 4 is 0 Å². The van der Waals surface area contributed by atoms with E-state index in [1.807, 2.05) is 0 Å². The van der Waals surface area contributed by atoms with Gasteiger partial charge in [0.1, 0.15) is 0 Å². The Hall–Kier alpha value is -0.240. The minimum atomic E-state index is 0. The van der Waals surface area contributed by atoms with Gasteiger partial charge in [-0.25, -0.2) is 0 Å². The number of hydrogen-bond acceptors (Lipinski definition) is 6. The number of nitrogens with zero attached hydrogens (tertiary/aromatic N) is 6. The van der Waals surface area contributed by atoms with Gasteiger partial charge in [0.25, 0.3) is 0 Å². The van der Waals surface area contributed by atoms with Crippen molar-refractivity contribution in [1.29, 1.82) is 0 Å². The average molecular weight is 539 g/mol. The Bertz CT molecular complexity index is 651. The molecule has 0 N–H and O–H groups in total. The van der Waals surface area contributed by atoms with Crippen molar-refractivity contribution in [2.24, 2.45) is 0 Å². The van der Waals surface area contributed by atoms with Gasteiger partial charge in [0.2, 0.25) is 0 Å². The molecule has 3 saturated heterocycles. The molecule has 38 heavy (non-hydrogen) atoms. The number of hydrogen-bond donors (Lipinski definition) is 0. The van der Waals surface area contributed by atoms with Crippen molar-refractivity contribution in [3.63, 3.8) is 0 Å². The van der Waals surface area contributed by atoms with E-state index in [9.17, 15) is 0 Å². The van der Waals surface area contributed by atoms with Gasteiger partial charge in [-0.1, -0.05) is 20.8 Å². The third-order valence-corrected chi connectivity index (χ3v) is 9.51. The second kappa shape index (κ2) is 14.1. The lowest BCUT2D eigenvalue weighted by atomic mass is 9.88. The summed E-state index contributed by atoms with van der Waals surface area (Å²) >= 11 is 0. The molecular formula is C32H70N6. The third kappa shape index (κ3) is 9.99. The first-order valence-corrected chi connectivity index (χ1v) is 15.2. The molecule has 0 unspecified atom stereocenters. The van der Waals surface area contributed by atoms with E-state index in [0.717, 1.165) is 24.2 Å². The van der Waals surface area contributed by atoms with Crippen LogP contribution in [-0.4, -0.2) is 144 Å². The molecule has 0 aromatic heterocycles. The van der Waals surface area contributed by atoms with Gasteiger partial charge in [0.05, 0.1) is 0 Å². The van der Waals surface area contributed by atoms with Gasteiger partial charge in [0.15, 0.2) is 0 Å². The van der Waals surface area contributed by atoms with E-state index >= 15 is 0 Å². The zero-order valence-electron chi connectivity index (χ0n) is 27.6. The van der Waals surface area contributed by atoms with E-state index in [2.05, 4.69) is 127 Å². The minimum Gasteiger partial charge on any atom is -0.304 e. The highest BCUT2D eigenvalue weighted by Crippen LogP contribution is 2.30. The summed E-state index contributed by atoms with van der Waals surface area (Å²) in [7, 11) is 8.84. The Morgan fingerprint density at radius 2 is 0.895 bits per heavy atom. The van der Waals surface area contributed by atoms with Crippen LogP contribution in [0.3, 0.4) is 0 Å². The molecule has 0 aromatic carbocycles. The predicted molar refractivity (Wildman–Crippen MR) is 169 cm³/mol. The summed E-state index contributed by atoms with van der Waals surface area (Å²) in [5.74, 6) is 0. The molecule has 6 nitrogen and oxygen atoms in total. The van der Waals surface area contributed by atoms with Gasteiger partial charge in [-0.2, -0.15) is 0 Å². The fraction of sp³-hybridized carbons (Fsp3) is 1.00. The van der Waals surface area contributed by atoms with Crippen molar-refractivity contribution in [3.8, 4) is 0 Å². The van der Waals surface area contributed by atoms with Gasteiger partial charge in [0, 0.05) is 80.1 Å². The summed E-state index contributed by atoms with van der Waals surface area (Å²) in [6.07, 6.45) is 4.32. The molecule has 0 amide bonds. The molecule has 4 rings (SSSR count). The Kier molecular flexibility index (Phi) is 13.3. The van der Waals surface area contributed by atoms with Crippen LogP contribution in [0.1, 0.15) is 95.9 Å². The Morgan fingerprint density at radius 1 is 0.553 bits per heavy atom. The van der Waals surface area contributed by atoms with E-state index in [0.29, 0.717) is 16.6 Å². The van der Waals surface area contributed by atoms with Crippen molar-refractivity contribution in [2.45, 2.75) is 137 Å². The molecule has 3 heterocycles. The molecule has 4 fully saturated rings. The van der Waals surface area contributed by atoms with E-state index in [1.54, 1.807) is 0 Å². The van der Waals surface area contributed by atoms with Gasteiger partial charge in [-0.15, -0.1) is 0 Å². The number of likely N-dealkylation sites (N-methyl/N-ethyl adjacent to an activating group) is 3. The maximum absolute atomic E-state index is 2.62. The second-order valence-corrected chi connectivity index (χ2v) is 15.5. The minimum absolute atomic E-state index is 0. The summed E-state index contributed by atoms with van der Waals surface area (Å²) < 4.78 is 0. The van der Waals surface area contributed by atoms with Crippen molar-refractivity contribution in [3.05, 3.63) is 0 Å². The molecule has 0 radical (unpaired) electrons. The second-order valence-electron chi connectivity index (χ2n) is 15.5. The summed E-state index contributed by atoms with van der Waals surface area (Å²) in [4.78, 5) is 15.0. The van der Waals surface area contributed by atoms with Gasteiger partial charge < -0.3 is 9.80 Å². The molecule has 4 aliphatic rings. The van der Waals surface area contributed by atoms with Gasteiger partial charge in [-0.3, -0.25) is 19.6 Å². The van der Waals surface area contributed by atoms with E-state index in [4.69, 9.17) is 0 Å². The maximum Gasteiger partial charge on any atom is 0.0350 e. The van der Waals surface area contributed by atoms with Crippen LogP contribution in [0.2, 0.25) is 0 Å². The highest BCUT2D eigenvalue weighted by Gasteiger charge is 2.39. The molecule has 228 valence electrons. The zero-order chi connectivity index (χ0) is 28.3. The van der Waals surface area contributed by atoms with Gasteiger partial charge in [-0.05, 0) is 110 Å². The molecule has 3 aliphatic heterocycles. The topological polar surface area (TPSA) is 19.4 Å². The first-order chi connectivity index (χ1) is 16.8. The van der Waals surface area contributed by atoms with Crippen molar-refractivity contribution < 1.29 is 0 Å². The molecule has 6 heteroatoms. The monoisotopic (exact) mass is 539 g/mol.